The molecule has 0 aliphatic heterocycles. The van der Waals surface area contributed by atoms with Gasteiger partial charge in [0.05, 0.1) is 0 Å². The molecule has 20 heavy (non-hydrogen) atoms. The molecule has 1 N–H and O–H groups in total. The minimum atomic E-state index is -0.216. The third kappa shape index (κ3) is 3.20. The molecule has 0 radical (unpaired) electrons. The van der Waals surface area contributed by atoms with Crippen LogP contribution < -0.4 is 5.32 Å². The summed E-state index contributed by atoms with van der Waals surface area (Å²) < 4.78 is 0. The molecule has 1 aromatic carbocycles. The number of benzene rings is 1. The molecule has 4 heteroatoms. The predicted molar refractivity (Wildman–Crippen MR) is 79.9 cm³/mol. The largest absolute Gasteiger partial charge is 0.320 e. The van der Waals surface area contributed by atoms with Crippen molar-refractivity contribution in [3.63, 3.8) is 0 Å². The molecular formula is C16H19N3O. The van der Waals surface area contributed by atoms with Crippen LogP contribution in [0.4, 0.5) is 5.69 Å². The minimum Gasteiger partial charge on any atom is -0.320 e. The fourth-order valence-electron chi connectivity index (χ4n) is 2.01. The predicted octanol–water partition coefficient (Wildman–Crippen LogP) is 3.33. The summed E-state index contributed by atoms with van der Waals surface area (Å²) in [6, 6.07) is 9.50. The van der Waals surface area contributed by atoms with E-state index in [4.69, 9.17) is 0 Å². The molecule has 0 aliphatic rings. The Labute approximate surface area is 119 Å². The molecule has 4 nitrogen and oxygen atoms in total. The van der Waals surface area contributed by atoms with Crippen LogP contribution in [0.15, 0.2) is 36.7 Å². The van der Waals surface area contributed by atoms with Crippen molar-refractivity contribution in [1.29, 1.82) is 0 Å². The summed E-state index contributed by atoms with van der Waals surface area (Å²) in [7, 11) is 0. The summed E-state index contributed by atoms with van der Waals surface area (Å²) in [6.45, 7) is 8.19. The molecule has 0 bridgehead atoms. The summed E-state index contributed by atoms with van der Waals surface area (Å²) in [5.41, 5.74) is 3.03. The Morgan fingerprint density at radius 3 is 2.50 bits per heavy atom. The summed E-state index contributed by atoms with van der Waals surface area (Å²) in [4.78, 5) is 20.2. The number of nitrogens with zero attached hydrogens (tertiary/aromatic N) is 2. The molecule has 0 saturated heterocycles. The first-order chi connectivity index (χ1) is 9.38. The van der Waals surface area contributed by atoms with Crippen LogP contribution in [0.3, 0.4) is 0 Å². The zero-order valence-electron chi connectivity index (χ0n) is 12.3. The number of para-hydroxylation sites is 1. The van der Waals surface area contributed by atoms with E-state index in [2.05, 4.69) is 36.1 Å². The minimum absolute atomic E-state index is 0.0362. The molecule has 104 valence electrons. The normalized spacial score (nSPS) is 11.2. The third-order valence-corrected chi connectivity index (χ3v) is 3.02. The Morgan fingerprint density at radius 1 is 1.15 bits per heavy atom. The molecule has 0 spiro atoms. The van der Waals surface area contributed by atoms with Gasteiger partial charge in [0.15, 0.2) is 0 Å². The van der Waals surface area contributed by atoms with Crippen molar-refractivity contribution in [3.05, 3.63) is 53.6 Å². The van der Waals surface area contributed by atoms with Gasteiger partial charge >= 0.3 is 0 Å². The zero-order chi connectivity index (χ0) is 14.8. The summed E-state index contributed by atoms with van der Waals surface area (Å²) in [5, 5.41) is 2.93. The zero-order valence-corrected chi connectivity index (χ0v) is 12.3. The smallest absolute Gasteiger partial charge is 0.274 e. The molecule has 1 heterocycles. The van der Waals surface area contributed by atoms with E-state index in [1.807, 2.05) is 31.2 Å². The van der Waals surface area contributed by atoms with Crippen LogP contribution in [0.5, 0.6) is 0 Å². The highest BCUT2D eigenvalue weighted by molar-refractivity contribution is 6.03. The van der Waals surface area contributed by atoms with Crippen LogP contribution in [0, 0.1) is 6.92 Å². The highest BCUT2D eigenvalue weighted by atomic mass is 16.1. The van der Waals surface area contributed by atoms with Gasteiger partial charge in [0.25, 0.3) is 5.91 Å². The molecule has 0 saturated carbocycles. The first kappa shape index (κ1) is 14.2. The summed E-state index contributed by atoms with van der Waals surface area (Å²) in [5.74, 6) is -0.216. The number of carbonyl (C=O) groups excluding carboxylic acids is 1. The van der Waals surface area contributed by atoms with Gasteiger partial charge in [-0.05, 0) is 30.0 Å². The average molecular weight is 269 g/mol. The second-order valence-corrected chi connectivity index (χ2v) is 5.79. The van der Waals surface area contributed by atoms with Crippen molar-refractivity contribution in [2.75, 3.05) is 5.32 Å². The number of carbonyl (C=O) groups is 1. The van der Waals surface area contributed by atoms with E-state index in [9.17, 15) is 4.79 Å². The highest BCUT2D eigenvalue weighted by Gasteiger charge is 2.19. The standard InChI is InChI=1S/C16H19N3O/c1-11-9-14(18-10-17-11)15(20)19-13-8-6-5-7-12(13)16(2,3)4/h5-10H,1-4H3,(H,19,20). The van der Waals surface area contributed by atoms with Crippen LogP contribution in [0.1, 0.15) is 42.5 Å². The molecule has 0 fully saturated rings. The van der Waals surface area contributed by atoms with Crippen molar-refractivity contribution < 1.29 is 4.79 Å². The third-order valence-electron chi connectivity index (χ3n) is 3.02. The molecule has 0 aliphatic carbocycles. The summed E-state index contributed by atoms with van der Waals surface area (Å²) in [6.07, 6.45) is 1.40. The van der Waals surface area contributed by atoms with E-state index >= 15 is 0 Å². The Bertz CT molecular complexity index is 630. The maximum absolute atomic E-state index is 12.2. The molecule has 2 aromatic rings. The maximum Gasteiger partial charge on any atom is 0.274 e. The number of nitrogens with one attached hydrogen (secondary N) is 1. The van der Waals surface area contributed by atoms with Gasteiger partial charge < -0.3 is 5.32 Å². The van der Waals surface area contributed by atoms with Gasteiger partial charge in [-0.1, -0.05) is 39.0 Å². The van der Waals surface area contributed by atoms with Crippen LogP contribution in [-0.2, 0) is 5.41 Å². The lowest BCUT2D eigenvalue weighted by Crippen LogP contribution is -2.19. The SMILES string of the molecule is Cc1cc(C(=O)Nc2ccccc2C(C)(C)C)ncn1. The van der Waals surface area contributed by atoms with Gasteiger partial charge in [0.2, 0.25) is 0 Å². The maximum atomic E-state index is 12.2. The van der Waals surface area contributed by atoms with Crippen LogP contribution in [-0.4, -0.2) is 15.9 Å². The second kappa shape index (κ2) is 5.41. The number of hydrogen-bond donors (Lipinski definition) is 1. The quantitative estimate of drug-likeness (QED) is 0.909. The van der Waals surface area contributed by atoms with E-state index in [1.54, 1.807) is 6.07 Å². The van der Waals surface area contributed by atoms with Crippen LogP contribution >= 0.6 is 0 Å². The Balaban J connectivity index is 2.29. The van der Waals surface area contributed by atoms with Gasteiger partial charge in [-0.2, -0.15) is 0 Å². The van der Waals surface area contributed by atoms with E-state index < -0.39 is 0 Å². The second-order valence-electron chi connectivity index (χ2n) is 5.79. The van der Waals surface area contributed by atoms with E-state index in [-0.39, 0.29) is 11.3 Å². The van der Waals surface area contributed by atoms with Gasteiger partial charge in [-0.25, -0.2) is 9.97 Å². The lowest BCUT2D eigenvalue weighted by atomic mass is 9.86. The van der Waals surface area contributed by atoms with Crippen molar-refractivity contribution in [2.24, 2.45) is 0 Å². The Hall–Kier alpha value is -2.23. The van der Waals surface area contributed by atoms with Gasteiger partial charge in [-0.15, -0.1) is 0 Å². The van der Waals surface area contributed by atoms with Crippen molar-refractivity contribution in [3.8, 4) is 0 Å². The Morgan fingerprint density at radius 2 is 1.85 bits per heavy atom. The topological polar surface area (TPSA) is 54.9 Å². The van der Waals surface area contributed by atoms with Gasteiger partial charge in [-0.3, -0.25) is 4.79 Å². The molecule has 0 atom stereocenters. The number of aryl methyl sites for hydroxylation is 1. The fourth-order valence-corrected chi connectivity index (χ4v) is 2.01. The average Bonchev–Trinajstić information content (AvgIpc) is 2.38. The number of anilines is 1. The Kier molecular flexibility index (Phi) is 3.84. The van der Waals surface area contributed by atoms with Gasteiger partial charge in [0.1, 0.15) is 12.0 Å². The molecule has 0 unspecified atom stereocenters. The molecular weight excluding hydrogens is 250 g/mol. The number of rotatable bonds is 2. The summed E-state index contributed by atoms with van der Waals surface area (Å²) >= 11 is 0. The first-order valence-corrected chi connectivity index (χ1v) is 6.57. The fraction of sp³-hybridized carbons (Fsp3) is 0.312. The van der Waals surface area contributed by atoms with E-state index in [0.717, 1.165) is 16.9 Å². The lowest BCUT2D eigenvalue weighted by Gasteiger charge is -2.22. The first-order valence-electron chi connectivity index (χ1n) is 6.57. The lowest BCUT2D eigenvalue weighted by molar-refractivity contribution is 0.102. The van der Waals surface area contributed by atoms with Crippen LogP contribution in [0.2, 0.25) is 0 Å². The highest BCUT2D eigenvalue weighted by Crippen LogP contribution is 2.29. The van der Waals surface area contributed by atoms with Crippen molar-refractivity contribution in [1.82, 2.24) is 9.97 Å². The number of aromatic nitrogens is 2. The number of amides is 1. The van der Waals surface area contributed by atoms with Crippen molar-refractivity contribution >= 4 is 11.6 Å². The van der Waals surface area contributed by atoms with Crippen molar-refractivity contribution in [2.45, 2.75) is 33.1 Å². The van der Waals surface area contributed by atoms with Crippen LogP contribution in [0.25, 0.3) is 0 Å². The van der Waals surface area contributed by atoms with Gasteiger partial charge in [0, 0.05) is 11.4 Å². The van der Waals surface area contributed by atoms with E-state index in [1.165, 1.54) is 6.33 Å². The molecule has 2 rings (SSSR count). The molecule has 1 amide bonds. The van der Waals surface area contributed by atoms with E-state index in [0.29, 0.717) is 5.69 Å². The monoisotopic (exact) mass is 269 g/mol. The number of hydrogen-bond acceptors (Lipinski definition) is 3. The molecule has 1 aromatic heterocycles.